The van der Waals surface area contributed by atoms with Gasteiger partial charge in [-0.1, -0.05) is 5.21 Å². The van der Waals surface area contributed by atoms with E-state index in [-0.39, 0.29) is 0 Å². The van der Waals surface area contributed by atoms with Crippen LogP contribution in [0.4, 0.5) is 10.1 Å². The lowest BCUT2D eigenvalue weighted by atomic mass is 10.4. The predicted molar refractivity (Wildman–Crippen MR) is 45.7 cm³/mol. The highest BCUT2D eigenvalue weighted by atomic mass is 19.1. The summed E-state index contributed by atoms with van der Waals surface area (Å²) in [7, 11) is 0. The number of nitrogens with one attached hydrogen (secondary N) is 2. The second-order valence-corrected chi connectivity index (χ2v) is 2.55. The molecule has 0 fully saturated rings. The maximum Gasteiger partial charge on any atom is 0.214 e. The molecule has 0 saturated heterocycles. The van der Waals surface area contributed by atoms with Gasteiger partial charge in [0.05, 0.1) is 6.54 Å². The van der Waals surface area contributed by atoms with Crippen LogP contribution in [0.5, 0.6) is 0 Å². The molecule has 2 aromatic rings. The van der Waals surface area contributed by atoms with Crippen LogP contribution in [0.25, 0.3) is 0 Å². The summed E-state index contributed by atoms with van der Waals surface area (Å²) in [5.41, 5.74) is 0.627. The molecule has 0 unspecified atom stereocenters. The molecule has 2 aromatic heterocycles. The molecule has 0 aromatic carbocycles. The van der Waals surface area contributed by atoms with Crippen molar-refractivity contribution in [3.05, 3.63) is 30.1 Å². The molecule has 0 aliphatic heterocycles. The first-order valence-corrected chi connectivity index (χ1v) is 3.92. The molecule has 0 radical (unpaired) electrons. The Morgan fingerprint density at radius 2 is 2.43 bits per heavy atom. The molecule has 0 spiro atoms. The number of hydrogen-bond donors (Lipinski definition) is 2. The van der Waals surface area contributed by atoms with Crippen LogP contribution in [0.2, 0.25) is 0 Å². The van der Waals surface area contributed by atoms with E-state index in [2.05, 4.69) is 30.9 Å². The zero-order valence-electron chi connectivity index (χ0n) is 7.11. The van der Waals surface area contributed by atoms with Crippen molar-refractivity contribution in [2.24, 2.45) is 0 Å². The lowest BCUT2D eigenvalue weighted by Crippen LogP contribution is -2.01. The summed E-state index contributed by atoms with van der Waals surface area (Å²) in [6, 6.07) is 2.95. The first-order valence-electron chi connectivity index (χ1n) is 3.92. The van der Waals surface area contributed by atoms with Crippen LogP contribution >= 0.6 is 0 Å². The summed E-state index contributed by atoms with van der Waals surface area (Å²) in [5.74, 6) is -0.00895. The fourth-order valence-corrected chi connectivity index (χ4v) is 0.951. The highest BCUT2D eigenvalue weighted by molar-refractivity contribution is 5.40. The normalized spacial score (nSPS) is 10.1. The van der Waals surface area contributed by atoms with Crippen molar-refractivity contribution in [3.8, 4) is 0 Å². The number of anilines is 1. The fraction of sp³-hybridized carbons (Fsp3) is 0.143. The van der Waals surface area contributed by atoms with Crippen LogP contribution in [0.1, 0.15) is 5.82 Å². The second-order valence-electron chi connectivity index (χ2n) is 2.55. The Morgan fingerprint density at radius 1 is 1.50 bits per heavy atom. The fourth-order valence-electron chi connectivity index (χ4n) is 0.951. The molecule has 0 aliphatic rings. The molecule has 72 valence electrons. The average Bonchev–Trinajstić information content (AvgIpc) is 2.67. The van der Waals surface area contributed by atoms with E-state index in [9.17, 15) is 4.39 Å². The van der Waals surface area contributed by atoms with Crippen LogP contribution in [0.3, 0.4) is 0 Å². The van der Waals surface area contributed by atoms with Gasteiger partial charge in [-0.25, -0.2) is 4.98 Å². The van der Waals surface area contributed by atoms with Crippen LogP contribution in [0.15, 0.2) is 18.3 Å². The van der Waals surface area contributed by atoms with Gasteiger partial charge in [-0.05, 0) is 6.07 Å². The van der Waals surface area contributed by atoms with Crippen LogP contribution in [0, 0.1) is 5.95 Å². The van der Waals surface area contributed by atoms with Crippen LogP contribution < -0.4 is 5.32 Å². The van der Waals surface area contributed by atoms with Gasteiger partial charge >= 0.3 is 0 Å². The summed E-state index contributed by atoms with van der Waals surface area (Å²) < 4.78 is 12.6. The summed E-state index contributed by atoms with van der Waals surface area (Å²) >= 11 is 0. The molecular weight excluding hydrogens is 187 g/mol. The molecule has 0 bridgehead atoms. The highest BCUT2D eigenvalue weighted by Crippen LogP contribution is 2.06. The number of aromatic nitrogens is 5. The Kier molecular flexibility index (Phi) is 2.30. The minimum Gasteiger partial charge on any atom is -0.377 e. The van der Waals surface area contributed by atoms with Crippen molar-refractivity contribution in [1.29, 1.82) is 0 Å². The Morgan fingerprint density at radius 3 is 3.14 bits per heavy atom. The molecule has 7 heteroatoms. The van der Waals surface area contributed by atoms with E-state index in [1.807, 2.05) is 0 Å². The summed E-state index contributed by atoms with van der Waals surface area (Å²) in [6.07, 6.45) is 1.38. The van der Waals surface area contributed by atoms with E-state index in [0.29, 0.717) is 18.1 Å². The summed E-state index contributed by atoms with van der Waals surface area (Å²) in [6.45, 7) is 0.389. The maximum atomic E-state index is 12.6. The van der Waals surface area contributed by atoms with E-state index >= 15 is 0 Å². The molecular formula is C7H7FN6. The third-order valence-corrected chi connectivity index (χ3v) is 1.57. The Labute approximate surface area is 78.6 Å². The number of halogens is 1. The Bertz CT molecular complexity index is 400. The number of nitrogens with zero attached hydrogens (tertiary/aromatic N) is 4. The van der Waals surface area contributed by atoms with Crippen molar-refractivity contribution in [3.63, 3.8) is 0 Å². The monoisotopic (exact) mass is 194 g/mol. The average molecular weight is 194 g/mol. The van der Waals surface area contributed by atoms with Crippen molar-refractivity contribution in [1.82, 2.24) is 25.6 Å². The van der Waals surface area contributed by atoms with E-state index < -0.39 is 5.95 Å². The van der Waals surface area contributed by atoms with Crippen molar-refractivity contribution < 1.29 is 4.39 Å². The summed E-state index contributed by atoms with van der Waals surface area (Å²) in [4.78, 5) is 3.43. The molecule has 14 heavy (non-hydrogen) atoms. The predicted octanol–water partition coefficient (Wildman–Crippen LogP) is 0.346. The van der Waals surface area contributed by atoms with Gasteiger partial charge in [0.25, 0.3) is 0 Å². The van der Waals surface area contributed by atoms with E-state index in [0.717, 1.165) is 0 Å². The van der Waals surface area contributed by atoms with Gasteiger partial charge in [-0.15, -0.1) is 10.2 Å². The van der Waals surface area contributed by atoms with Gasteiger partial charge in [-0.3, -0.25) is 0 Å². The quantitative estimate of drug-likeness (QED) is 0.689. The lowest BCUT2D eigenvalue weighted by Gasteiger charge is -2.01. The number of rotatable bonds is 3. The van der Waals surface area contributed by atoms with E-state index in [1.54, 1.807) is 6.07 Å². The zero-order chi connectivity index (χ0) is 9.80. The number of pyridine rings is 1. The van der Waals surface area contributed by atoms with E-state index in [1.165, 1.54) is 12.3 Å². The lowest BCUT2D eigenvalue weighted by molar-refractivity contribution is 0.584. The van der Waals surface area contributed by atoms with Gasteiger partial charge < -0.3 is 5.32 Å². The third-order valence-electron chi connectivity index (χ3n) is 1.57. The Hall–Kier alpha value is -2.05. The number of hydrogen-bond acceptors (Lipinski definition) is 5. The molecule has 2 heterocycles. The van der Waals surface area contributed by atoms with Gasteiger partial charge in [0.2, 0.25) is 5.95 Å². The molecule has 6 nitrogen and oxygen atoms in total. The van der Waals surface area contributed by atoms with E-state index in [4.69, 9.17) is 0 Å². The van der Waals surface area contributed by atoms with Gasteiger partial charge in [0.1, 0.15) is 0 Å². The van der Waals surface area contributed by atoms with Gasteiger partial charge in [0.15, 0.2) is 5.82 Å². The highest BCUT2D eigenvalue weighted by Gasteiger charge is 1.98. The first kappa shape index (κ1) is 8.54. The van der Waals surface area contributed by atoms with Crippen molar-refractivity contribution >= 4 is 5.69 Å². The van der Waals surface area contributed by atoms with Crippen LogP contribution in [-0.4, -0.2) is 25.6 Å². The number of H-pyrrole nitrogens is 1. The first-order chi connectivity index (χ1) is 6.84. The van der Waals surface area contributed by atoms with Gasteiger partial charge in [-0.2, -0.15) is 9.60 Å². The van der Waals surface area contributed by atoms with Crippen LogP contribution in [-0.2, 0) is 6.54 Å². The SMILES string of the molecule is Fc1cc(NCc2nn[nH]n2)ccn1. The minimum atomic E-state index is -0.525. The number of aromatic amines is 1. The third kappa shape index (κ3) is 2.00. The molecule has 2 rings (SSSR count). The standard InChI is InChI=1S/C7H7FN6/c8-6-3-5(1-2-9-6)10-4-7-11-13-14-12-7/h1-3H,4H2,(H,9,10)(H,11,12,13,14). The van der Waals surface area contributed by atoms with Gasteiger partial charge in [0, 0.05) is 18.0 Å². The molecule has 0 saturated carbocycles. The molecule has 0 atom stereocenters. The largest absolute Gasteiger partial charge is 0.377 e. The number of tetrazole rings is 1. The maximum absolute atomic E-state index is 12.6. The molecule has 0 amide bonds. The second kappa shape index (κ2) is 3.77. The minimum absolute atomic E-state index is 0.389. The molecule has 0 aliphatic carbocycles. The zero-order valence-corrected chi connectivity index (χ0v) is 7.11. The van der Waals surface area contributed by atoms with Crippen molar-refractivity contribution in [2.75, 3.05) is 5.32 Å². The Balaban J connectivity index is 1.98. The smallest absolute Gasteiger partial charge is 0.214 e. The molecule has 2 N–H and O–H groups in total. The summed E-state index contributed by atoms with van der Waals surface area (Å²) in [5, 5.41) is 16.1. The van der Waals surface area contributed by atoms with Crippen molar-refractivity contribution in [2.45, 2.75) is 6.54 Å². The topological polar surface area (TPSA) is 79.4 Å².